The maximum atomic E-state index is 5.27. The monoisotopic (exact) mass is 665 g/mol. The zero-order valence-corrected chi connectivity index (χ0v) is 29.1. The Kier molecular flexibility index (Phi) is 6.84. The molecular formula is C49H35N3. The van der Waals surface area contributed by atoms with Gasteiger partial charge in [0.05, 0.1) is 33.5 Å². The Bertz CT molecular complexity index is 2670. The molecule has 0 saturated carbocycles. The lowest BCUT2D eigenvalue weighted by Crippen LogP contribution is -2.35. The summed E-state index contributed by atoms with van der Waals surface area (Å²) >= 11 is 0. The van der Waals surface area contributed by atoms with Gasteiger partial charge in [0.25, 0.3) is 0 Å². The van der Waals surface area contributed by atoms with Gasteiger partial charge < -0.3 is 4.57 Å². The van der Waals surface area contributed by atoms with Crippen molar-refractivity contribution in [3.05, 3.63) is 209 Å². The molecule has 0 amide bonds. The molecule has 52 heavy (non-hydrogen) atoms. The van der Waals surface area contributed by atoms with Crippen LogP contribution in [0.2, 0.25) is 0 Å². The average Bonchev–Trinajstić information content (AvgIpc) is 3.55. The zero-order valence-electron chi connectivity index (χ0n) is 29.1. The molecule has 0 radical (unpaired) electrons. The summed E-state index contributed by atoms with van der Waals surface area (Å²) in [6.07, 6.45) is 0. The van der Waals surface area contributed by atoms with E-state index in [1.165, 1.54) is 55.2 Å². The largest absolute Gasteiger partial charge is 0.309 e. The van der Waals surface area contributed by atoms with Gasteiger partial charge in [-0.1, -0.05) is 157 Å². The van der Waals surface area contributed by atoms with Gasteiger partial charge in [-0.2, -0.15) is 0 Å². The molecule has 0 atom stereocenters. The number of hydrogen-bond acceptors (Lipinski definition) is 2. The molecule has 0 saturated heterocycles. The SMILES string of the molecule is Cc1ccc(C2(c3ccc(C)cc3)c3cc(-c4nc(-c5ccccc5)cc(-c5ccccc5)n4)ccc3-n3c4ccccc4c4cccc2c43)cc1. The lowest BCUT2D eigenvalue weighted by molar-refractivity contribution is 0.727. The number of hydrogen-bond donors (Lipinski definition) is 0. The summed E-state index contributed by atoms with van der Waals surface area (Å²) in [5.74, 6) is 0.700. The Morgan fingerprint density at radius 1 is 0.442 bits per heavy atom. The number of fused-ring (bicyclic) bond motifs is 5. The number of nitrogens with zero attached hydrogens (tertiary/aromatic N) is 3. The van der Waals surface area contributed by atoms with Gasteiger partial charge in [0, 0.05) is 27.5 Å². The van der Waals surface area contributed by atoms with Crippen LogP contribution < -0.4 is 0 Å². The van der Waals surface area contributed by atoms with Crippen LogP contribution in [0.1, 0.15) is 33.4 Å². The molecule has 1 aliphatic rings. The summed E-state index contributed by atoms with van der Waals surface area (Å²) in [5, 5.41) is 2.52. The fraction of sp³-hybridized carbons (Fsp3) is 0.0612. The first kappa shape index (κ1) is 30.3. The predicted octanol–water partition coefficient (Wildman–Crippen LogP) is 11.9. The Hall–Kier alpha value is -6.58. The second kappa shape index (κ2) is 11.8. The number of aromatic nitrogens is 3. The van der Waals surface area contributed by atoms with Gasteiger partial charge in [-0.3, -0.25) is 0 Å². The molecular weight excluding hydrogens is 631 g/mol. The van der Waals surface area contributed by atoms with E-state index in [4.69, 9.17) is 9.97 Å². The van der Waals surface area contributed by atoms with E-state index < -0.39 is 5.41 Å². The van der Waals surface area contributed by atoms with Crippen LogP contribution in [0, 0.1) is 13.8 Å². The third kappa shape index (κ3) is 4.52. The van der Waals surface area contributed by atoms with Crippen LogP contribution in [0.25, 0.3) is 61.4 Å². The van der Waals surface area contributed by atoms with E-state index in [0.717, 1.165) is 33.8 Å². The van der Waals surface area contributed by atoms with Crippen molar-refractivity contribution in [2.24, 2.45) is 0 Å². The summed E-state index contributed by atoms with van der Waals surface area (Å²) in [4.78, 5) is 10.5. The minimum absolute atomic E-state index is 0.615. The summed E-state index contributed by atoms with van der Waals surface area (Å²) < 4.78 is 2.48. The molecule has 0 unspecified atom stereocenters. The van der Waals surface area contributed by atoms with E-state index in [0.29, 0.717) is 5.82 Å². The van der Waals surface area contributed by atoms with Crippen molar-refractivity contribution in [3.63, 3.8) is 0 Å². The fourth-order valence-electron chi connectivity index (χ4n) is 8.37. The van der Waals surface area contributed by atoms with Gasteiger partial charge in [0.2, 0.25) is 0 Å². The average molecular weight is 666 g/mol. The summed E-state index contributed by atoms with van der Waals surface area (Å²) in [6, 6.07) is 63.7. The molecule has 1 aliphatic heterocycles. The molecule has 0 N–H and O–H groups in total. The van der Waals surface area contributed by atoms with Crippen molar-refractivity contribution in [1.82, 2.24) is 14.5 Å². The predicted molar refractivity (Wildman–Crippen MR) is 214 cm³/mol. The van der Waals surface area contributed by atoms with Crippen molar-refractivity contribution in [3.8, 4) is 39.6 Å². The van der Waals surface area contributed by atoms with Crippen LogP contribution in [-0.2, 0) is 5.41 Å². The first-order valence-corrected chi connectivity index (χ1v) is 17.9. The first-order chi connectivity index (χ1) is 25.6. The Balaban J connectivity index is 1.33. The van der Waals surface area contributed by atoms with Crippen molar-refractivity contribution in [1.29, 1.82) is 0 Å². The van der Waals surface area contributed by atoms with Crippen LogP contribution in [0.5, 0.6) is 0 Å². The highest BCUT2D eigenvalue weighted by molar-refractivity contribution is 6.12. The number of rotatable bonds is 5. The van der Waals surface area contributed by atoms with E-state index >= 15 is 0 Å². The minimum atomic E-state index is -0.615. The molecule has 246 valence electrons. The highest BCUT2D eigenvalue weighted by Crippen LogP contribution is 2.54. The van der Waals surface area contributed by atoms with Crippen LogP contribution >= 0.6 is 0 Å². The molecule has 7 aromatic carbocycles. The van der Waals surface area contributed by atoms with Crippen LogP contribution in [0.4, 0.5) is 0 Å². The third-order valence-electron chi connectivity index (χ3n) is 10.8. The van der Waals surface area contributed by atoms with Crippen molar-refractivity contribution in [2.45, 2.75) is 19.3 Å². The standard InChI is InChI=1S/C49H35N3/c1-32-20-25-37(26-21-32)49(38-27-22-33(2)23-28-38)41-18-11-17-40-39-16-9-10-19-45(39)52(47(40)41)46-29-24-36(30-42(46)49)48-50-43(34-12-5-3-6-13-34)31-44(51-48)35-14-7-4-8-15-35/h3-31H,1-2H3. The highest BCUT2D eigenvalue weighted by Gasteiger charge is 2.45. The Morgan fingerprint density at radius 3 is 1.62 bits per heavy atom. The molecule has 2 aromatic heterocycles. The molecule has 0 spiro atoms. The van der Waals surface area contributed by atoms with Crippen molar-refractivity contribution in [2.75, 3.05) is 0 Å². The molecule has 0 fully saturated rings. The van der Waals surface area contributed by atoms with E-state index in [9.17, 15) is 0 Å². The van der Waals surface area contributed by atoms with Gasteiger partial charge in [-0.15, -0.1) is 0 Å². The third-order valence-corrected chi connectivity index (χ3v) is 10.8. The molecule has 10 rings (SSSR count). The topological polar surface area (TPSA) is 30.7 Å². The van der Waals surface area contributed by atoms with Gasteiger partial charge >= 0.3 is 0 Å². The van der Waals surface area contributed by atoms with E-state index in [2.05, 4.69) is 182 Å². The Morgan fingerprint density at radius 2 is 1.00 bits per heavy atom. The lowest BCUT2D eigenvalue weighted by Gasteiger charge is -2.42. The number of benzene rings is 7. The summed E-state index contributed by atoms with van der Waals surface area (Å²) in [6.45, 7) is 4.32. The summed E-state index contributed by atoms with van der Waals surface area (Å²) in [7, 11) is 0. The molecule has 0 aliphatic carbocycles. The second-order valence-electron chi connectivity index (χ2n) is 14.0. The van der Waals surface area contributed by atoms with Gasteiger partial charge in [0.15, 0.2) is 5.82 Å². The number of para-hydroxylation sites is 2. The lowest BCUT2D eigenvalue weighted by atomic mass is 9.62. The van der Waals surface area contributed by atoms with E-state index in [1.807, 2.05) is 12.1 Å². The Labute approximate surface area is 303 Å². The van der Waals surface area contributed by atoms with Crippen LogP contribution in [0.15, 0.2) is 176 Å². The molecule has 9 aromatic rings. The van der Waals surface area contributed by atoms with E-state index in [1.54, 1.807) is 0 Å². The van der Waals surface area contributed by atoms with Crippen molar-refractivity contribution < 1.29 is 0 Å². The number of aryl methyl sites for hydroxylation is 2. The van der Waals surface area contributed by atoms with Gasteiger partial charge in [-0.25, -0.2) is 9.97 Å². The fourth-order valence-corrected chi connectivity index (χ4v) is 8.37. The zero-order chi connectivity index (χ0) is 34.8. The molecule has 3 heteroatoms. The van der Waals surface area contributed by atoms with Crippen LogP contribution in [0.3, 0.4) is 0 Å². The highest BCUT2D eigenvalue weighted by atomic mass is 15.0. The van der Waals surface area contributed by atoms with E-state index in [-0.39, 0.29) is 0 Å². The van der Waals surface area contributed by atoms with Gasteiger partial charge in [0.1, 0.15) is 0 Å². The quantitative estimate of drug-likeness (QED) is 0.183. The summed E-state index contributed by atoms with van der Waals surface area (Å²) in [5.41, 5.74) is 15.3. The van der Waals surface area contributed by atoms with Gasteiger partial charge in [-0.05, 0) is 66.4 Å². The maximum absolute atomic E-state index is 5.27. The molecule has 3 nitrogen and oxygen atoms in total. The molecule has 3 heterocycles. The van der Waals surface area contributed by atoms with Crippen LogP contribution in [-0.4, -0.2) is 14.5 Å². The second-order valence-corrected chi connectivity index (χ2v) is 14.0. The maximum Gasteiger partial charge on any atom is 0.160 e. The minimum Gasteiger partial charge on any atom is -0.309 e. The normalized spacial score (nSPS) is 13.0. The molecule has 0 bridgehead atoms. The van der Waals surface area contributed by atoms with Crippen molar-refractivity contribution >= 4 is 21.8 Å². The smallest absolute Gasteiger partial charge is 0.160 e. The first-order valence-electron chi connectivity index (χ1n) is 17.9.